The largest absolute Gasteiger partial charge is 0.492 e. The maximum atomic E-state index is 6.10. The van der Waals surface area contributed by atoms with Crippen molar-refractivity contribution in [3.8, 4) is 11.5 Å². The van der Waals surface area contributed by atoms with Gasteiger partial charge >= 0.3 is 0 Å². The predicted molar refractivity (Wildman–Crippen MR) is 136 cm³/mol. The molecule has 0 spiro atoms. The van der Waals surface area contributed by atoms with Crippen LogP contribution in [0.5, 0.6) is 11.5 Å². The van der Waals surface area contributed by atoms with Gasteiger partial charge in [-0.25, -0.2) is 0 Å². The molecule has 1 saturated heterocycles. The van der Waals surface area contributed by atoms with Crippen molar-refractivity contribution in [2.24, 2.45) is 0 Å². The smallest absolute Gasteiger partial charge is 0.137 e. The summed E-state index contributed by atoms with van der Waals surface area (Å²) < 4.78 is 25.9. The molecule has 2 heterocycles. The van der Waals surface area contributed by atoms with Crippen LogP contribution >= 0.6 is 11.6 Å². The van der Waals surface area contributed by atoms with Gasteiger partial charge in [0.25, 0.3) is 0 Å². The Morgan fingerprint density at radius 1 is 1.06 bits per heavy atom. The van der Waals surface area contributed by atoms with E-state index in [4.69, 9.17) is 30.5 Å². The zero-order valence-corrected chi connectivity index (χ0v) is 21.5. The van der Waals surface area contributed by atoms with Crippen molar-refractivity contribution in [1.82, 2.24) is 14.7 Å². The van der Waals surface area contributed by atoms with Crippen LogP contribution in [-0.4, -0.2) is 66.9 Å². The number of hydrogen-bond acceptors (Lipinski definition) is 6. The second-order valence-electron chi connectivity index (χ2n) is 9.04. The molecule has 1 unspecified atom stereocenters. The molecule has 2 aromatic carbocycles. The first-order valence-corrected chi connectivity index (χ1v) is 12.3. The van der Waals surface area contributed by atoms with E-state index in [2.05, 4.69) is 35.1 Å². The lowest BCUT2D eigenvalue weighted by Crippen LogP contribution is -2.50. The number of halogens is 1. The minimum atomic E-state index is -0.577. The first-order valence-electron chi connectivity index (χ1n) is 11.9. The molecule has 1 aromatic heterocycles. The zero-order chi connectivity index (χ0) is 24.7. The molecular formula is C27H34ClN3O4. The van der Waals surface area contributed by atoms with Crippen LogP contribution in [0.4, 0.5) is 0 Å². The van der Waals surface area contributed by atoms with Gasteiger partial charge in [0.05, 0.1) is 25.5 Å². The molecule has 0 amide bonds. The van der Waals surface area contributed by atoms with Gasteiger partial charge in [0.15, 0.2) is 0 Å². The van der Waals surface area contributed by atoms with E-state index in [1.54, 1.807) is 13.2 Å². The number of hydrogen-bond donors (Lipinski definition) is 0. The maximum absolute atomic E-state index is 6.10. The summed E-state index contributed by atoms with van der Waals surface area (Å²) in [4.78, 5) is 2.34. The van der Waals surface area contributed by atoms with E-state index < -0.39 is 5.60 Å². The van der Waals surface area contributed by atoms with E-state index in [0.29, 0.717) is 38.0 Å². The average Bonchev–Trinajstić information content (AvgIpc) is 3.03. The summed E-state index contributed by atoms with van der Waals surface area (Å²) in [6.07, 6.45) is 0. The molecule has 3 aromatic rings. The van der Waals surface area contributed by atoms with Gasteiger partial charge in [-0.1, -0.05) is 29.8 Å². The lowest BCUT2D eigenvalue weighted by atomic mass is 10.1. The van der Waals surface area contributed by atoms with Crippen molar-refractivity contribution in [2.45, 2.75) is 32.5 Å². The molecule has 188 valence electrons. The summed E-state index contributed by atoms with van der Waals surface area (Å²) in [5, 5.41) is 5.14. The summed E-state index contributed by atoms with van der Waals surface area (Å²) in [7, 11) is 1.71. The topological polar surface area (TPSA) is 58.0 Å². The summed E-state index contributed by atoms with van der Waals surface area (Å²) in [6, 6.07) is 17.7. The fourth-order valence-corrected chi connectivity index (χ4v) is 4.48. The lowest BCUT2D eigenvalue weighted by molar-refractivity contribution is -0.0925. The highest BCUT2D eigenvalue weighted by Gasteiger charge is 2.36. The minimum Gasteiger partial charge on any atom is -0.492 e. The van der Waals surface area contributed by atoms with Crippen molar-refractivity contribution >= 4 is 11.6 Å². The summed E-state index contributed by atoms with van der Waals surface area (Å²) in [6.45, 7) is 9.09. The first-order chi connectivity index (χ1) is 16.9. The van der Waals surface area contributed by atoms with E-state index in [9.17, 15) is 0 Å². The Kier molecular flexibility index (Phi) is 8.68. The van der Waals surface area contributed by atoms with Crippen LogP contribution in [0.15, 0.2) is 54.6 Å². The molecule has 4 rings (SSSR count). The third-order valence-corrected chi connectivity index (χ3v) is 6.37. The summed E-state index contributed by atoms with van der Waals surface area (Å²) >= 11 is 6.10. The predicted octanol–water partition coefficient (Wildman–Crippen LogP) is 4.53. The SMILES string of the molecule is COC1(COc2cccc(Cl)c2)COCCN(Cc2cccc(OCCn3nc(C)cc3C)c2)C1. The van der Waals surface area contributed by atoms with Crippen LogP contribution in [0.3, 0.4) is 0 Å². The highest BCUT2D eigenvalue weighted by atomic mass is 35.5. The molecule has 0 radical (unpaired) electrons. The van der Waals surface area contributed by atoms with Crippen LogP contribution in [0.1, 0.15) is 17.0 Å². The molecular weight excluding hydrogens is 466 g/mol. The number of aromatic nitrogens is 2. The number of ether oxygens (including phenoxy) is 4. The van der Waals surface area contributed by atoms with Crippen LogP contribution in [0, 0.1) is 13.8 Å². The monoisotopic (exact) mass is 499 g/mol. The molecule has 1 fully saturated rings. The van der Waals surface area contributed by atoms with Crippen LogP contribution in [-0.2, 0) is 22.6 Å². The normalized spacial score (nSPS) is 18.9. The molecule has 0 bridgehead atoms. The molecule has 0 saturated carbocycles. The fourth-order valence-electron chi connectivity index (χ4n) is 4.30. The quantitative estimate of drug-likeness (QED) is 0.408. The lowest BCUT2D eigenvalue weighted by Gasteiger charge is -2.34. The zero-order valence-electron chi connectivity index (χ0n) is 20.7. The Bertz CT molecular complexity index is 1110. The Morgan fingerprint density at radius 3 is 2.60 bits per heavy atom. The van der Waals surface area contributed by atoms with Gasteiger partial charge in [-0.05, 0) is 55.8 Å². The summed E-state index contributed by atoms with van der Waals surface area (Å²) in [5.41, 5.74) is 2.77. The highest BCUT2D eigenvalue weighted by molar-refractivity contribution is 6.30. The van der Waals surface area contributed by atoms with Gasteiger partial charge in [-0.3, -0.25) is 9.58 Å². The van der Waals surface area contributed by atoms with Gasteiger partial charge in [0.1, 0.15) is 30.3 Å². The van der Waals surface area contributed by atoms with Crippen molar-refractivity contribution in [2.75, 3.05) is 46.6 Å². The number of rotatable bonds is 10. The van der Waals surface area contributed by atoms with E-state index in [-0.39, 0.29) is 0 Å². The van der Waals surface area contributed by atoms with Gasteiger partial charge in [0.2, 0.25) is 0 Å². The van der Waals surface area contributed by atoms with Crippen LogP contribution in [0.2, 0.25) is 5.02 Å². The van der Waals surface area contributed by atoms with Crippen LogP contribution < -0.4 is 9.47 Å². The van der Waals surface area contributed by atoms with Crippen molar-refractivity contribution in [3.05, 3.63) is 76.6 Å². The molecule has 1 aliphatic rings. The molecule has 0 N–H and O–H groups in total. The fraction of sp³-hybridized carbons (Fsp3) is 0.444. The first kappa shape index (κ1) is 25.5. The van der Waals surface area contributed by atoms with Gasteiger partial charge in [0, 0.05) is 37.5 Å². The second kappa shape index (κ2) is 11.9. The third kappa shape index (κ3) is 7.21. The van der Waals surface area contributed by atoms with E-state index in [1.165, 1.54) is 5.56 Å². The van der Waals surface area contributed by atoms with E-state index in [0.717, 1.165) is 42.5 Å². The van der Waals surface area contributed by atoms with Crippen molar-refractivity contribution < 1.29 is 18.9 Å². The number of nitrogens with zero attached hydrogens (tertiary/aromatic N) is 3. The molecule has 35 heavy (non-hydrogen) atoms. The highest BCUT2D eigenvalue weighted by Crippen LogP contribution is 2.23. The number of methoxy groups -OCH3 is 1. The average molecular weight is 500 g/mol. The van der Waals surface area contributed by atoms with Crippen molar-refractivity contribution in [1.29, 1.82) is 0 Å². The molecule has 0 aliphatic carbocycles. The molecule has 7 nitrogen and oxygen atoms in total. The second-order valence-corrected chi connectivity index (χ2v) is 9.48. The molecule has 8 heteroatoms. The van der Waals surface area contributed by atoms with E-state index >= 15 is 0 Å². The summed E-state index contributed by atoms with van der Waals surface area (Å²) in [5.74, 6) is 1.58. The number of aryl methyl sites for hydroxylation is 2. The van der Waals surface area contributed by atoms with Gasteiger partial charge in [-0.15, -0.1) is 0 Å². The van der Waals surface area contributed by atoms with Gasteiger partial charge in [-0.2, -0.15) is 5.10 Å². The third-order valence-electron chi connectivity index (χ3n) is 6.14. The Hall–Kier alpha value is -2.58. The Morgan fingerprint density at radius 2 is 1.86 bits per heavy atom. The van der Waals surface area contributed by atoms with Gasteiger partial charge < -0.3 is 18.9 Å². The van der Waals surface area contributed by atoms with E-state index in [1.807, 2.05) is 41.9 Å². The minimum absolute atomic E-state index is 0.371. The van der Waals surface area contributed by atoms with Crippen molar-refractivity contribution in [3.63, 3.8) is 0 Å². The van der Waals surface area contributed by atoms with Crippen LogP contribution in [0.25, 0.3) is 0 Å². The molecule has 1 aliphatic heterocycles. The number of benzene rings is 2. The maximum Gasteiger partial charge on any atom is 0.137 e. The molecule has 1 atom stereocenters. The Balaban J connectivity index is 1.35. The standard InChI is InChI=1S/C27H34ClN3O4/c1-21-14-22(2)31(29-21)11-13-34-25-8-4-6-23(15-25)17-30-10-12-33-19-27(18-30,32-3)20-35-26-9-5-7-24(28)16-26/h4-9,14-16H,10-13,17-20H2,1-3H3. The Labute approximate surface area is 212 Å².